The number of amides is 1. The molecule has 0 bridgehead atoms. The van der Waals surface area contributed by atoms with Gasteiger partial charge in [0.2, 0.25) is 5.91 Å². The Kier molecular flexibility index (Phi) is 3.02. The summed E-state index contributed by atoms with van der Waals surface area (Å²) >= 11 is 0. The second-order valence-corrected chi connectivity index (χ2v) is 2.36. The van der Waals surface area contributed by atoms with E-state index in [2.05, 4.69) is 4.98 Å². The van der Waals surface area contributed by atoms with Crippen LogP contribution in [0.4, 0.5) is 0 Å². The number of primary amides is 1. The van der Waals surface area contributed by atoms with E-state index in [1.807, 2.05) is 18.2 Å². The van der Waals surface area contributed by atoms with E-state index in [9.17, 15) is 4.79 Å². The largest absolute Gasteiger partial charge is 0.369 e. The van der Waals surface area contributed by atoms with Crippen molar-refractivity contribution in [3.8, 4) is 0 Å². The minimum Gasteiger partial charge on any atom is -0.369 e. The topological polar surface area (TPSA) is 56.0 Å². The third-order valence-electron chi connectivity index (χ3n) is 1.31. The zero-order valence-corrected chi connectivity index (χ0v) is 6.60. The standard InChI is InChI=1S/C9H10N2O/c10-9(12)5-1-3-8-4-2-6-11-7-8/h1-4,6-7H,5H2,(H2,10,12)/b3-1+. The molecule has 1 heterocycles. The van der Waals surface area contributed by atoms with Crippen LogP contribution in [0.25, 0.3) is 6.08 Å². The first-order valence-corrected chi connectivity index (χ1v) is 3.64. The molecule has 0 aliphatic heterocycles. The van der Waals surface area contributed by atoms with E-state index >= 15 is 0 Å². The third-order valence-corrected chi connectivity index (χ3v) is 1.31. The molecule has 0 radical (unpaired) electrons. The van der Waals surface area contributed by atoms with Crippen LogP contribution in [0.15, 0.2) is 30.6 Å². The summed E-state index contributed by atoms with van der Waals surface area (Å²) in [5, 5.41) is 0. The quantitative estimate of drug-likeness (QED) is 0.720. The summed E-state index contributed by atoms with van der Waals surface area (Å²) < 4.78 is 0. The summed E-state index contributed by atoms with van der Waals surface area (Å²) in [5.74, 6) is -0.324. The van der Waals surface area contributed by atoms with Gasteiger partial charge < -0.3 is 5.73 Å². The van der Waals surface area contributed by atoms with Gasteiger partial charge in [-0.3, -0.25) is 9.78 Å². The molecule has 3 heteroatoms. The molecule has 0 unspecified atom stereocenters. The molecule has 1 aromatic rings. The molecule has 0 saturated heterocycles. The van der Waals surface area contributed by atoms with Crippen LogP contribution in [-0.2, 0) is 4.79 Å². The van der Waals surface area contributed by atoms with E-state index in [1.54, 1.807) is 18.5 Å². The Morgan fingerprint density at radius 3 is 3.08 bits per heavy atom. The average Bonchev–Trinajstić information content (AvgIpc) is 2.05. The van der Waals surface area contributed by atoms with Crippen LogP contribution in [0.1, 0.15) is 12.0 Å². The smallest absolute Gasteiger partial charge is 0.221 e. The van der Waals surface area contributed by atoms with Gasteiger partial charge in [0.05, 0.1) is 0 Å². The molecule has 2 N–H and O–H groups in total. The van der Waals surface area contributed by atoms with Gasteiger partial charge in [0.15, 0.2) is 0 Å². The molecule has 0 aliphatic rings. The number of hydrogen-bond donors (Lipinski definition) is 1. The second-order valence-electron chi connectivity index (χ2n) is 2.36. The van der Waals surface area contributed by atoms with Crippen LogP contribution in [0.5, 0.6) is 0 Å². The Morgan fingerprint density at radius 2 is 2.50 bits per heavy atom. The third kappa shape index (κ3) is 2.96. The first-order chi connectivity index (χ1) is 5.79. The molecule has 62 valence electrons. The first-order valence-electron chi connectivity index (χ1n) is 3.64. The first kappa shape index (κ1) is 8.46. The van der Waals surface area contributed by atoms with Gasteiger partial charge >= 0.3 is 0 Å². The molecule has 1 amide bonds. The zero-order valence-electron chi connectivity index (χ0n) is 6.60. The summed E-state index contributed by atoms with van der Waals surface area (Å²) in [7, 11) is 0. The van der Waals surface area contributed by atoms with Gasteiger partial charge in [0, 0.05) is 18.8 Å². The lowest BCUT2D eigenvalue weighted by Gasteiger charge is -1.89. The fourth-order valence-electron chi connectivity index (χ4n) is 0.786. The highest BCUT2D eigenvalue weighted by atomic mass is 16.1. The van der Waals surface area contributed by atoms with E-state index in [4.69, 9.17) is 5.73 Å². The minimum atomic E-state index is -0.324. The van der Waals surface area contributed by atoms with Crippen LogP contribution < -0.4 is 5.73 Å². The summed E-state index contributed by atoms with van der Waals surface area (Å²) in [5.41, 5.74) is 5.92. The summed E-state index contributed by atoms with van der Waals surface area (Å²) in [4.78, 5) is 14.3. The van der Waals surface area contributed by atoms with Gasteiger partial charge in [-0.05, 0) is 11.6 Å². The van der Waals surface area contributed by atoms with Crippen molar-refractivity contribution in [1.29, 1.82) is 0 Å². The van der Waals surface area contributed by atoms with Gasteiger partial charge in [-0.15, -0.1) is 0 Å². The fraction of sp³-hybridized carbons (Fsp3) is 0.111. The predicted octanol–water partition coefficient (Wildman–Crippen LogP) is 0.970. The maximum Gasteiger partial charge on any atom is 0.221 e. The van der Waals surface area contributed by atoms with Gasteiger partial charge in [-0.2, -0.15) is 0 Å². The number of hydrogen-bond acceptors (Lipinski definition) is 2. The normalized spacial score (nSPS) is 10.3. The van der Waals surface area contributed by atoms with Gasteiger partial charge in [-0.25, -0.2) is 0 Å². The van der Waals surface area contributed by atoms with Gasteiger partial charge in [0.25, 0.3) is 0 Å². The lowest BCUT2D eigenvalue weighted by Crippen LogP contribution is -2.07. The Hall–Kier alpha value is -1.64. The molecule has 0 aromatic carbocycles. The molecule has 1 rings (SSSR count). The number of pyridine rings is 1. The molecular formula is C9H10N2O. The van der Waals surface area contributed by atoms with Gasteiger partial charge in [-0.1, -0.05) is 18.2 Å². The van der Waals surface area contributed by atoms with Crippen LogP contribution >= 0.6 is 0 Å². The molecule has 0 fully saturated rings. The highest BCUT2D eigenvalue weighted by Crippen LogP contribution is 1.98. The van der Waals surface area contributed by atoms with E-state index in [0.29, 0.717) is 0 Å². The zero-order chi connectivity index (χ0) is 8.81. The maximum absolute atomic E-state index is 10.3. The summed E-state index contributed by atoms with van der Waals surface area (Å²) in [6.45, 7) is 0. The Morgan fingerprint density at radius 1 is 1.67 bits per heavy atom. The van der Waals surface area contributed by atoms with Crippen molar-refractivity contribution >= 4 is 12.0 Å². The van der Waals surface area contributed by atoms with E-state index < -0.39 is 0 Å². The highest BCUT2D eigenvalue weighted by Gasteiger charge is 1.87. The van der Waals surface area contributed by atoms with Crippen molar-refractivity contribution < 1.29 is 4.79 Å². The van der Waals surface area contributed by atoms with Crippen molar-refractivity contribution in [2.75, 3.05) is 0 Å². The number of carbonyl (C=O) groups is 1. The fourth-order valence-corrected chi connectivity index (χ4v) is 0.786. The monoisotopic (exact) mass is 162 g/mol. The number of aromatic nitrogens is 1. The molecule has 12 heavy (non-hydrogen) atoms. The Balaban J connectivity index is 2.52. The Bertz CT molecular complexity index is 280. The van der Waals surface area contributed by atoms with E-state index in [1.165, 1.54) is 0 Å². The Labute approximate surface area is 70.9 Å². The summed E-state index contributed by atoms with van der Waals surface area (Å²) in [6.07, 6.45) is 7.23. The van der Waals surface area contributed by atoms with Gasteiger partial charge in [0.1, 0.15) is 0 Å². The molecular weight excluding hydrogens is 152 g/mol. The molecule has 0 aliphatic carbocycles. The number of rotatable bonds is 3. The van der Waals surface area contributed by atoms with Crippen LogP contribution in [0, 0.1) is 0 Å². The number of carbonyl (C=O) groups excluding carboxylic acids is 1. The van der Waals surface area contributed by atoms with E-state index in [-0.39, 0.29) is 12.3 Å². The highest BCUT2D eigenvalue weighted by molar-refractivity contribution is 5.76. The molecule has 1 aromatic heterocycles. The van der Waals surface area contributed by atoms with E-state index in [0.717, 1.165) is 5.56 Å². The van der Waals surface area contributed by atoms with Crippen LogP contribution in [0.2, 0.25) is 0 Å². The molecule has 0 atom stereocenters. The second kappa shape index (κ2) is 4.28. The molecule has 3 nitrogen and oxygen atoms in total. The van der Waals surface area contributed by atoms with Crippen molar-refractivity contribution in [2.45, 2.75) is 6.42 Å². The molecule has 0 spiro atoms. The SMILES string of the molecule is NC(=O)C/C=C/c1cccnc1. The minimum absolute atomic E-state index is 0.273. The van der Waals surface area contributed by atoms with Crippen molar-refractivity contribution in [1.82, 2.24) is 4.98 Å². The maximum atomic E-state index is 10.3. The van der Waals surface area contributed by atoms with Crippen molar-refractivity contribution in [2.24, 2.45) is 5.73 Å². The lowest BCUT2D eigenvalue weighted by atomic mass is 10.2. The number of nitrogens with two attached hydrogens (primary N) is 1. The molecule has 0 saturated carbocycles. The lowest BCUT2D eigenvalue weighted by molar-refractivity contribution is -0.117. The van der Waals surface area contributed by atoms with Crippen LogP contribution in [0.3, 0.4) is 0 Å². The number of nitrogens with zero attached hydrogens (tertiary/aromatic N) is 1. The predicted molar refractivity (Wildman–Crippen MR) is 47.1 cm³/mol. The average molecular weight is 162 g/mol. The summed E-state index contributed by atoms with van der Waals surface area (Å²) in [6, 6.07) is 3.74. The van der Waals surface area contributed by atoms with Crippen molar-refractivity contribution in [3.05, 3.63) is 36.2 Å². The van der Waals surface area contributed by atoms with Crippen molar-refractivity contribution in [3.63, 3.8) is 0 Å². The van der Waals surface area contributed by atoms with Crippen LogP contribution in [-0.4, -0.2) is 10.9 Å².